The molecule has 0 fully saturated rings. The number of hydrogen-bond acceptors (Lipinski definition) is 2. The Morgan fingerprint density at radius 2 is 1.28 bits per heavy atom. The zero-order chi connectivity index (χ0) is 11.8. The van der Waals surface area contributed by atoms with Crippen LogP contribution in [0.25, 0.3) is 0 Å². The van der Waals surface area contributed by atoms with Crippen molar-refractivity contribution in [2.75, 3.05) is 5.01 Å². The topological polar surface area (TPSA) is 41.3 Å². The molecule has 0 saturated heterocycles. The minimum absolute atomic E-state index is 0. The van der Waals surface area contributed by atoms with Crippen molar-refractivity contribution in [3.05, 3.63) is 66.0 Å². The molecule has 3 rings (SSSR count). The number of halogens is 1. The highest BCUT2D eigenvalue weighted by Crippen LogP contribution is 2.18. The van der Waals surface area contributed by atoms with Crippen molar-refractivity contribution in [3.8, 4) is 0 Å². The molecule has 2 aromatic rings. The van der Waals surface area contributed by atoms with Crippen LogP contribution in [-0.2, 0) is 0 Å². The minimum atomic E-state index is -0.290. The van der Waals surface area contributed by atoms with Crippen molar-refractivity contribution >= 4 is 11.8 Å². The molecule has 0 atom stereocenters. The van der Waals surface area contributed by atoms with Gasteiger partial charge in [0.15, 0.2) is 0 Å². The summed E-state index contributed by atoms with van der Waals surface area (Å²) in [5, 5.41) is 1.13. The van der Waals surface area contributed by atoms with Crippen molar-refractivity contribution in [3.63, 3.8) is 0 Å². The number of rotatable bonds is 1. The van der Waals surface area contributed by atoms with Gasteiger partial charge in [0.05, 0.1) is 11.1 Å². The van der Waals surface area contributed by atoms with Gasteiger partial charge < -0.3 is 12.4 Å². The summed E-state index contributed by atoms with van der Waals surface area (Å²) < 4.78 is 1.49. The standard InChI is InChI=1S/C13H9N2O2.ClH/c16-12-10-6-2-3-7-11(10)13(17)15(12)14-8-4-1-5-9-14;/h1-9H;1H/q+1;/p-1. The van der Waals surface area contributed by atoms with Gasteiger partial charge >= 0.3 is 11.8 Å². The molecule has 90 valence electrons. The Kier molecular flexibility index (Phi) is 3.12. The number of amides is 2. The predicted molar refractivity (Wildman–Crippen MR) is 60.0 cm³/mol. The molecule has 0 radical (unpaired) electrons. The van der Waals surface area contributed by atoms with E-state index in [1.54, 1.807) is 48.8 Å². The summed E-state index contributed by atoms with van der Waals surface area (Å²) >= 11 is 0. The summed E-state index contributed by atoms with van der Waals surface area (Å²) in [4.78, 5) is 24.2. The second-order valence-electron chi connectivity index (χ2n) is 3.72. The fourth-order valence-electron chi connectivity index (χ4n) is 1.91. The summed E-state index contributed by atoms with van der Waals surface area (Å²) in [6.45, 7) is 0. The summed E-state index contributed by atoms with van der Waals surface area (Å²) in [6.07, 6.45) is 3.34. The van der Waals surface area contributed by atoms with E-state index in [4.69, 9.17) is 0 Å². The first-order valence-electron chi connectivity index (χ1n) is 5.23. The van der Waals surface area contributed by atoms with Gasteiger partial charge in [-0.05, 0) is 17.1 Å². The van der Waals surface area contributed by atoms with Gasteiger partial charge in [0.25, 0.3) is 0 Å². The first-order chi connectivity index (χ1) is 8.29. The predicted octanol–water partition coefficient (Wildman–Crippen LogP) is -2.09. The van der Waals surface area contributed by atoms with Crippen LogP contribution in [0.4, 0.5) is 0 Å². The third-order valence-electron chi connectivity index (χ3n) is 2.70. The molecule has 0 unspecified atom stereocenters. The van der Waals surface area contributed by atoms with Gasteiger partial charge in [-0.25, -0.2) is 0 Å². The largest absolute Gasteiger partial charge is 1.00 e. The lowest BCUT2D eigenvalue weighted by molar-refractivity contribution is -0.671. The summed E-state index contributed by atoms with van der Waals surface area (Å²) in [5.41, 5.74) is 0.905. The average molecular weight is 261 g/mol. The summed E-state index contributed by atoms with van der Waals surface area (Å²) in [7, 11) is 0. The number of imide groups is 1. The van der Waals surface area contributed by atoms with Gasteiger partial charge in [0, 0.05) is 12.1 Å². The lowest BCUT2D eigenvalue weighted by Crippen LogP contribution is -3.00. The number of carbonyl (C=O) groups excluding carboxylic acids is 2. The molecular weight excluding hydrogens is 252 g/mol. The molecule has 0 N–H and O–H groups in total. The molecule has 0 bridgehead atoms. The first-order valence-corrected chi connectivity index (χ1v) is 5.23. The Bertz CT molecular complexity index is 578. The molecule has 2 heterocycles. The van der Waals surface area contributed by atoms with Crippen LogP contribution in [0.2, 0.25) is 0 Å². The average Bonchev–Trinajstić information content (AvgIpc) is 2.64. The van der Waals surface area contributed by atoms with Crippen LogP contribution >= 0.6 is 0 Å². The molecule has 1 aliphatic rings. The molecule has 18 heavy (non-hydrogen) atoms. The fraction of sp³-hybridized carbons (Fsp3) is 0. The van der Waals surface area contributed by atoms with Crippen LogP contribution in [0.15, 0.2) is 54.9 Å². The smallest absolute Gasteiger partial charge is 0.319 e. The van der Waals surface area contributed by atoms with Crippen molar-refractivity contribution in [1.29, 1.82) is 0 Å². The van der Waals surface area contributed by atoms with E-state index < -0.39 is 0 Å². The Labute approximate surface area is 110 Å². The molecule has 0 aliphatic carbocycles. The lowest BCUT2D eigenvalue weighted by Gasteiger charge is -2.04. The monoisotopic (exact) mass is 260 g/mol. The molecule has 0 spiro atoms. The molecule has 2 amide bonds. The van der Waals surface area contributed by atoms with Gasteiger partial charge in [0.1, 0.15) is 0 Å². The third-order valence-corrected chi connectivity index (χ3v) is 2.70. The number of benzene rings is 1. The Hall–Kier alpha value is -2.20. The number of hydrogen-bond donors (Lipinski definition) is 0. The van der Waals surface area contributed by atoms with E-state index in [1.807, 2.05) is 6.07 Å². The molecule has 0 saturated carbocycles. The Morgan fingerprint density at radius 3 is 1.78 bits per heavy atom. The van der Waals surface area contributed by atoms with E-state index in [-0.39, 0.29) is 24.2 Å². The summed E-state index contributed by atoms with van der Waals surface area (Å²) in [6, 6.07) is 12.2. The normalized spacial score (nSPS) is 13.2. The van der Waals surface area contributed by atoms with E-state index >= 15 is 0 Å². The summed E-state index contributed by atoms with van der Waals surface area (Å²) in [5.74, 6) is -0.580. The highest BCUT2D eigenvalue weighted by molar-refractivity contribution is 6.29. The molecular formula is C13H9ClN2O2. The van der Waals surface area contributed by atoms with Gasteiger partial charge in [-0.3, -0.25) is 9.59 Å². The maximum atomic E-state index is 12.1. The maximum absolute atomic E-state index is 12.1. The van der Waals surface area contributed by atoms with Crippen LogP contribution in [0.1, 0.15) is 20.7 Å². The van der Waals surface area contributed by atoms with Gasteiger partial charge in [-0.15, -0.1) is 0 Å². The lowest BCUT2D eigenvalue weighted by atomic mass is 10.1. The second kappa shape index (κ2) is 4.58. The van der Waals surface area contributed by atoms with Crippen molar-refractivity contribution in [2.24, 2.45) is 0 Å². The van der Waals surface area contributed by atoms with E-state index in [0.29, 0.717) is 11.1 Å². The zero-order valence-corrected chi connectivity index (χ0v) is 10.0. The number of fused-ring (bicyclic) bond motifs is 1. The molecule has 1 aromatic carbocycles. The maximum Gasteiger partial charge on any atom is 0.319 e. The fourth-order valence-corrected chi connectivity index (χ4v) is 1.91. The highest BCUT2D eigenvalue weighted by Gasteiger charge is 2.41. The van der Waals surface area contributed by atoms with Crippen LogP contribution in [0, 0.1) is 0 Å². The Morgan fingerprint density at radius 1 is 0.778 bits per heavy atom. The van der Waals surface area contributed by atoms with Crippen LogP contribution in [0.5, 0.6) is 0 Å². The zero-order valence-electron chi connectivity index (χ0n) is 9.29. The van der Waals surface area contributed by atoms with Gasteiger partial charge in [-0.2, -0.15) is 0 Å². The number of aromatic nitrogens is 1. The van der Waals surface area contributed by atoms with E-state index in [2.05, 4.69) is 0 Å². The molecule has 1 aliphatic heterocycles. The van der Waals surface area contributed by atoms with Gasteiger partial charge in [-0.1, -0.05) is 22.9 Å². The van der Waals surface area contributed by atoms with Crippen molar-refractivity contribution in [1.82, 2.24) is 0 Å². The van der Waals surface area contributed by atoms with Crippen molar-refractivity contribution in [2.45, 2.75) is 0 Å². The molecule has 5 heteroatoms. The number of pyridine rings is 1. The molecule has 1 aromatic heterocycles. The quantitative estimate of drug-likeness (QED) is 0.436. The second-order valence-corrected chi connectivity index (χ2v) is 3.72. The first kappa shape index (κ1) is 12.3. The van der Waals surface area contributed by atoms with Crippen LogP contribution in [0.3, 0.4) is 0 Å². The van der Waals surface area contributed by atoms with E-state index in [9.17, 15) is 9.59 Å². The van der Waals surface area contributed by atoms with E-state index in [0.717, 1.165) is 5.01 Å². The minimum Gasteiger partial charge on any atom is -1.00 e. The highest BCUT2D eigenvalue weighted by atomic mass is 35.5. The SMILES string of the molecule is O=C1c2ccccc2C(=O)N1[n+]1ccccc1.[Cl-]. The van der Waals surface area contributed by atoms with E-state index in [1.165, 1.54) is 4.68 Å². The van der Waals surface area contributed by atoms with Crippen LogP contribution < -0.4 is 22.1 Å². The van der Waals surface area contributed by atoms with Crippen LogP contribution in [-0.4, -0.2) is 11.8 Å². The third kappa shape index (κ3) is 1.67. The number of nitrogens with zero attached hydrogens (tertiary/aromatic N) is 2. The number of carbonyl (C=O) groups is 2. The van der Waals surface area contributed by atoms with Crippen molar-refractivity contribution < 1.29 is 26.7 Å². The molecule has 4 nitrogen and oxygen atoms in total. The Balaban J connectivity index is 0.00000120. The van der Waals surface area contributed by atoms with Gasteiger partial charge in [0.2, 0.25) is 12.4 Å².